The first-order chi connectivity index (χ1) is 56.8. The van der Waals surface area contributed by atoms with Gasteiger partial charge in [0.15, 0.2) is 0 Å². The van der Waals surface area contributed by atoms with Gasteiger partial charge in [-0.2, -0.15) is 0 Å². The molecule has 0 spiro atoms. The molecule has 20 rings (SSSR count). The molecule has 0 saturated heterocycles. The van der Waals surface area contributed by atoms with E-state index in [0.29, 0.717) is 0 Å². The molecule has 0 radical (unpaired) electrons. The SMILES string of the molecule is Cc1ccc(N(c2ccc(C)cc2)c2cc(-c3ccccn3)c3ccc4c(N(c5ccc(C)cc5)c5ccc(C)cc5)cc(-c5ccccn5)c5ccc2c3c54)cc1.Cc1ccc(N(c2ccc(C)cc2)c2cc(-c3ccncc3)c3ccc4c(N(c5ccc(C)cc5)c5ccc(C)cc5)cc(-c5ccncc5)c5ccc2c3c54)cc1. The monoisotopic (exact) mass is 1490 g/mol. The van der Waals surface area contributed by atoms with Crippen molar-refractivity contribution < 1.29 is 0 Å². The normalized spacial score (nSPS) is 11.4. The van der Waals surface area contributed by atoms with Crippen LogP contribution in [0.2, 0.25) is 0 Å². The van der Waals surface area contributed by atoms with Gasteiger partial charge in [-0.05, 0) is 269 Å². The van der Waals surface area contributed by atoms with Gasteiger partial charge in [-0.3, -0.25) is 19.9 Å². The third-order valence-electron chi connectivity index (χ3n) is 22.9. The van der Waals surface area contributed by atoms with Gasteiger partial charge in [-0.25, -0.2) is 0 Å². The summed E-state index contributed by atoms with van der Waals surface area (Å²) in [5.74, 6) is 0. The number of aromatic nitrogens is 4. The number of benzene rings is 16. The van der Waals surface area contributed by atoms with Crippen LogP contribution in [0.3, 0.4) is 0 Å². The lowest BCUT2D eigenvalue weighted by molar-refractivity contribution is 1.27. The van der Waals surface area contributed by atoms with Crippen LogP contribution in [0.1, 0.15) is 44.5 Å². The molecule has 8 heteroatoms. The minimum atomic E-state index is 0.931. The second-order valence-electron chi connectivity index (χ2n) is 30.8. The molecule has 0 aliphatic carbocycles. The number of rotatable bonds is 16. The Balaban J connectivity index is 0.000000155. The molecule has 0 aliphatic heterocycles. The van der Waals surface area contributed by atoms with Crippen molar-refractivity contribution >= 4 is 133 Å². The topological polar surface area (TPSA) is 64.5 Å². The molecule has 0 bridgehead atoms. The first-order valence-corrected chi connectivity index (χ1v) is 39.8. The summed E-state index contributed by atoms with van der Waals surface area (Å²) in [6, 6.07) is 120. The maximum absolute atomic E-state index is 4.97. The fourth-order valence-corrected chi connectivity index (χ4v) is 16.9. The third kappa shape index (κ3) is 13.3. The molecule has 0 fully saturated rings. The van der Waals surface area contributed by atoms with Crippen LogP contribution in [0.5, 0.6) is 0 Å². The summed E-state index contributed by atoms with van der Waals surface area (Å²) in [5.41, 5.74) is 31.6. The van der Waals surface area contributed by atoms with Gasteiger partial charge < -0.3 is 19.6 Å². The van der Waals surface area contributed by atoms with E-state index in [2.05, 4.69) is 400 Å². The molecule has 556 valence electrons. The predicted octanol–water partition coefficient (Wildman–Crippen LogP) is 29.8. The van der Waals surface area contributed by atoms with Gasteiger partial charge >= 0.3 is 0 Å². The summed E-state index contributed by atoms with van der Waals surface area (Å²) < 4.78 is 0. The highest BCUT2D eigenvalue weighted by molar-refractivity contribution is 6.34. The van der Waals surface area contributed by atoms with Crippen LogP contribution in [-0.4, -0.2) is 19.9 Å². The molecule has 0 N–H and O–H groups in total. The van der Waals surface area contributed by atoms with Crippen LogP contribution in [0, 0.1) is 55.4 Å². The van der Waals surface area contributed by atoms with Gasteiger partial charge in [0, 0.05) is 137 Å². The standard InChI is InChI=1S/2C54H42N4/c1-35-5-13-41(14-6-35)57(42-15-7-36(2)8-16-42)51-33-49(39-25-29-55-30-26-39)45-22-24-48-52(58(43-17-9-37(3)10-18-43)44-19-11-38(4)12-20-44)34-50(40-27-31-56-32-28-40)46-21-23-47(51)53(45)54(46)48;1-35-11-19-39(20-12-35)57(40-21-13-36(2)14-22-40)51-33-47(49-9-5-7-31-55-49)43-28-30-46-52(58(41-23-15-37(3)16-24-41)42-25-17-38(4)18-26-42)34-48(50-10-6-8-32-56-50)44-27-29-45(51)53(43)54(44)46/h2*5-34H,1-4H3. The van der Waals surface area contributed by atoms with Crippen molar-refractivity contribution in [1.29, 1.82) is 0 Å². The largest absolute Gasteiger partial charge is 0.310 e. The van der Waals surface area contributed by atoms with E-state index in [1.165, 1.54) is 87.6 Å². The van der Waals surface area contributed by atoms with Crippen LogP contribution in [-0.2, 0) is 0 Å². The van der Waals surface area contributed by atoms with Gasteiger partial charge in [0.1, 0.15) is 0 Å². The smallest absolute Gasteiger partial charge is 0.0708 e. The molecule has 0 atom stereocenters. The van der Waals surface area contributed by atoms with Crippen molar-refractivity contribution in [2.24, 2.45) is 0 Å². The zero-order valence-corrected chi connectivity index (χ0v) is 66.2. The summed E-state index contributed by atoms with van der Waals surface area (Å²) in [4.78, 5) is 28.4. The quantitative estimate of drug-likeness (QED) is 0.0887. The van der Waals surface area contributed by atoms with Gasteiger partial charge in [-0.1, -0.05) is 202 Å². The molecule has 116 heavy (non-hydrogen) atoms. The zero-order chi connectivity index (χ0) is 78.7. The molecule has 0 saturated carbocycles. The van der Waals surface area contributed by atoms with Crippen LogP contribution < -0.4 is 19.6 Å². The summed E-state index contributed by atoms with van der Waals surface area (Å²) in [6.45, 7) is 17.1. The molecule has 4 aromatic heterocycles. The highest BCUT2D eigenvalue weighted by Gasteiger charge is 2.30. The predicted molar refractivity (Wildman–Crippen MR) is 490 cm³/mol. The molecule has 8 nitrogen and oxygen atoms in total. The zero-order valence-electron chi connectivity index (χ0n) is 66.2. The average molecular weight is 1490 g/mol. The van der Waals surface area contributed by atoms with E-state index in [9.17, 15) is 0 Å². The van der Waals surface area contributed by atoms with E-state index < -0.39 is 0 Å². The molecular formula is C108H84N8. The summed E-state index contributed by atoms with van der Waals surface area (Å²) in [6.07, 6.45) is 11.4. The van der Waals surface area contributed by atoms with Gasteiger partial charge in [-0.15, -0.1) is 0 Å². The van der Waals surface area contributed by atoms with Crippen LogP contribution in [0.4, 0.5) is 68.2 Å². The Labute approximate surface area is 677 Å². The number of nitrogens with zero attached hydrogens (tertiary/aromatic N) is 8. The number of aryl methyl sites for hydroxylation is 8. The molecule has 16 aromatic carbocycles. The summed E-state index contributed by atoms with van der Waals surface area (Å²) >= 11 is 0. The Morgan fingerprint density at radius 3 is 0.586 bits per heavy atom. The Bertz CT molecular complexity index is 5910. The van der Waals surface area contributed by atoms with E-state index in [1.807, 2.05) is 49.3 Å². The Kier molecular flexibility index (Phi) is 18.6. The molecule has 0 amide bonds. The minimum absolute atomic E-state index is 0.931. The first kappa shape index (κ1) is 71.7. The molecule has 0 unspecified atom stereocenters. The van der Waals surface area contributed by atoms with Crippen molar-refractivity contribution in [3.8, 4) is 44.8 Å². The van der Waals surface area contributed by atoms with E-state index in [0.717, 1.165) is 135 Å². The number of hydrogen-bond acceptors (Lipinski definition) is 8. The second kappa shape index (κ2) is 30.1. The maximum Gasteiger partial charge on any atom is 0.0708 e. The van der Waals surface area contributed by atoms with Crippen LogP contribution in [0.15, 0.2) is 365 Å². The molecule has 20 aromatic rings. The summed E-state index contributed by atoms with van der Waals surface area (Å²) in [7, 11) is 0. The Hall–Kier alpha value is -14.6. The fourth-order valence-electron chi connectivity index (χ4n) is 16.9. The van der Waals surface area contributed by atoms with Crippen molar-refractivity contribution in [2.45, 2.75) is 55.4 Å². The Morgan fingerprint density at radius 1 is 0.181 bits per heavy atom. The number of hydrogen-bond donors (Lipinski definition) is 0. The van der Waals surface area contributed by atoms with Crippen molar-refractivity contribution in [3.63, 3.8) is 0 Å². The van der Waals surface area contributed by atoms with Crippen molar-refractivity contribution in [3.05, 3.63) is 409 Å². The lowest BCUT2D eigenvalue weighted by Crippen LogP contribution is -2.12. The van der Waals surface area contributed by atoms with Crippen molar-refractivity contribution in [2.75, 3.05) is 19.6 Å². The highest BCUT2D eigenvalue weighted by atomic mass is 15.2. The van der Waals surface area contributed by atoms with E-state index in [1.54, 1.807) is 0 Å². The average Bonchev–Trinajstić information content (AvgIpc) is 0.709. The second-order valence-corrected chi connectivity index (χ2v) is 30.8. The summed E-state index contributed by atoms with van der Waals surface area (Å²) in [5, 5.41) is 14.3. The fraction of sp³-hybridized carbons (Fsp3) is 0.0741. The van der Waals surface area contributed by atoms with Crippen LogP contribution in [0.25, 0.3) is 109 Å². The van der Waals surface area contributed by atoms with Crippen LogP contribution >= 0.6 is 0 Å². The van der Waals surface area contributed by atoms with E-state index in [-0.39, 0.29) is 0 Å². The van der Waals surface area contributed by atoms with E-state index >= 15 is 0 Å². The third-order valence-corrected chi connectivity index (χ3v) is 22.9. The van der Waals surface area contributed by atoms with Gasteiger partial charge in [0.05, 0.1) is 34.1 Å². The minimum Gasteiger partial charge on any atom is -0.310 e. The Morgan fingerprint density at radius 2 is 0.379 bits per heavy atom. The highest BCUT2D eigenvalue weighted by Crippen LogP contribution is 2.55. The lowest BCUT2D eigenvalue weighted by Gasteiger charge is -2.31. The van der Waals surface area contributed by atoms with E-state index in [4.69, 9.17) is 9.97 Å². The van der Waals surface area contributed by atoms with Gasteiger partial charge in [0.2, 0.25) is 0 Å². The number of anilines is 12. The lowest BCUT2D eigenvalue weighted by atomic mass is 9.85. The molecule has 0 aliphatic rings. The maximum atomic E-state index is 4.97. The first-order valence-electron chi connectivity index (χ1n) is 39.8. The molecule has 4 heterocycles. The molecular weight excluding hydrogens is 1410 g/mol. The number of pyridine rings is 4. The van der Waals surface area contributed by atoms with Crippen molar-refractivity contribution in [1.82, 2.24) is 19.9 Å². The van der Waals surface area contributed by atoms with Gasteiger partial charge in [0.25, 0.3) is 0 Å².